The molecule has 0 fully saturated rings. The number of fused-ring (bicyclic) bond motifs is 1. The number of hydrogen-bond acceptors (Lipinski definition) is 5. The fraction of sp³-hybridized carbons (Fsp3) is 0.286. The average molecular weight is 308 g/mol. The normalized spacial score (nSPS) is 13.5. The number of nitrogens with zero attached hydrogens (tertiary/aromatic N) is 1. The summed E-state index contributed by atoms with van der Waals surface area (Å²) in [7, 11) is 0. The maximum absolute atomic E-state index is 10.8. The van der Waals surface area contributed by atoms with Gasteiger partial charge in [-0.15, -0.1) is 0 Å². The predicted octanol–water partition coefficient (Wildman–Crippen LogP) is 0.995. The van der Waals surface area contributed by atoms with Gasteiger partial charge in [-0.2, -0.15) is 0 Å². The van der Waals surface area contributed by atoms with Gasteiger partial charge >= 0.3 is 11.9 Å². The van der Waals surface area contributed by atoms with Gasteiger partial charge in [-0.1, -0.05) is 12.1 Å². The summed E-state index contributed by atoms with van der Waals surface area (Å²) >= 11 is 0. The largest absolute Gasteiger partial charge is 0.478 e. The molecule has 0 aliphatic carbocycles. The first-order chi connectivity index (χ1) is 10.4. The second-order valence-corrected chi connectivity index (χ2v) is 4.43. The maximum Gasteiger partial charge on any atom is 0.328 e. The molecule has 0 saturated heterocycles. The summed E-state index contributed by atoms with van der Waals surface area (Å²) in [4.78, 5) is 29.6. The van der Waals surface area contributed by atoms with Gasteiger partial charge in [0.1, 0.15) is 0 Å². The van der Waals surface area contributed by atoms with Crippen LogP contribution in [0, 0.1) is 10.1 Å². The van der Waals surface area contributed by atoms with Gasteiger partial charge in [-0.25, -0.2) is 9.59 Å². The first-order valence-corrected chi connectivity index (χ1v) is 6.51. The SMILES string of the molecule is O=C(O)C=CC(=O)O.O=[N+]([O-])c1cccc2c1CCNCC2. The highest BCUT2D eigenvalue weighted by atomic mass is 16.6. The van der Waals surface area contributed by atoms with Crippen molar-refractivity contribution in [1.29, 1.82) is 0 Å². The van der Waals surface area contributed by atoms with Gasteiger partial charge in [0.05, 0.1) is 4.92 Å². The summed E-state index contributed by atoms with van der Waals surface area (Å²) in [6, 6.07) is 5.34. The molecule has 1 aromatic rings. The number of carbonyl (C=O) groups is 2. The van der Waals surface area contributed by atoms with Crippen LogP contribution in [0.5, 0.6) is 0 Å². The monoisotopic (exact) mass is 308 g/mol. The van der Waals surface area contributed by atoms with Gasteiger partial charge in [0.2, 0.25) is 0 Å². The van der Waals surface area contributed by atoms with Crippen LogP contribution in [0.15, 0.2) is 30.4 Å². The Bertz CT molecular complexity index is 581. The second-order valence-electron chi connectivity index (χ2n) is 4.43. The van der Waals surface area contributed by atoms with Crippen molar-refractivity contribution < 1.29 is 24.7 Å². The molecule has 2 rings (SSSR count). The van der Waals surface area contributed by atoms with Crippen LogP contribution in [-0.4, -0.2) is 40.2 Å². The Morgan fingerprint density at radius 3 is 2.27 bits per heavy atom. The van der Waals surface area contributed by atoms with Gasteiger partial charge < -0.3 is 15.5 Å². The van der Waals surface area contributed by atoms with E-state index in [1.165, 1.54) is 0 Å². The fourth-order valence-corrected chi connectivity index (χ4v) is 2.02. The van der Waals surface area contributed by atoms with E-state index in [1.807, 2.05) is 6.07 Å². The summed E-state index contributed by atoms with van der Waals surface area (Å²) in [6.07, 6.45) is 2.76. The van der Waals surface area contributed by atoms with Crippen LogP contribution in [0.2, 0.25) is 0 Å². The summed E-state index contributed by atoms with van der Waals surface area (Å²) in [5.41, 5.74) is 2.29. The number of aliphatic carboxylic acids is 2. The molecule has 118 valence electrons. The lowest BCUT2D eigenvalue weighted by Crippen LogP contribution is -2.16. The molecule has 1 aliphatic rings. The van der Waals surface area contributed by atoms with E-state index in [0.717, 1.165) is 37.1 Å². The van der Waals surface area contributed by atoms with E-state index in [-0.39, 0.29) is 10.6 Å². The van der Waals surface area contributed by atoms with Crippen molar-refractivity contribution in [2.45, 2.75) is 12.8 Å². The first kappa shape index (κ1) is 17.3. The van der Waals surface area contributed by atoms with Crippen LogP contribution in [0.1, 0.15) is 11.1 Å². The molecule has 0 saturated carbocycles. The molecule has 3 N–H and O–H groups in total. The van der Waals surface area contributed by atoms with Crippen LogP contribution in [-0.2, 0) is 22.4 Å². The quantitative estimate of drug-likeness (QED) is 0.431. The molecule has 0 radical (unpaired) electrons. The van der Waals surface area contributed by atoms with E-state index in [2.05, 4.69) is 5.32 Å². The Morgan fingerprint density at radius 1 is 1.14 bits per heavy atom. The van der Waals surface area contributed by atoms with Crippen molar-refractivity contribution in [3.63, 3.8) is 0 Å². The van der Waals surface area contributed by atoms with Crippen LogP contribution in [0.4, 0.5) is 5.69 Å². The molecule has 8 nitrogen and oxygen atoms in total. The summed E-state index contributed by atoms with van der Waals surface area (Å²) in [6.45, 7) is 1.74. The van der Waals surface area contributed by atoms with E-state index in [0.29, 0.717) is 12.2 Å². The molecule has 22 heavy (non-hydrogen) atoms. The predicted molar refractivity (Wildman–Crippen MR) is 77.8 cm³/mol. The lowest BCUT2D eigenvalue weighted by Gasteiger charge is -2.04. The lowest BCUT2D eigenvalue weighted by atomic mass is 10.0. The molecule has 1 aliphatic heterocycles. The first-order valence-electron chi connectivity index (χ1n) is 6.51. The Morgan fingerprint density at radius 2 is 1.73 bits per heavy atom. The minimum atomic E-state index is -1.26. The summed E-state index contributed by atoms with van der Waals surface area (Å²) in [5.74, 6) is -2.51. The van der Waals surface area contributed by atoms with Crippen molar-refractivity contribution in [1.82, 2.24) is 5.32 Å². The van der Waals surface area contributed by atoms with Crippen molar-refractivity contribution in [3.8, 4) is 0 Å². The number of rotatable bonds is 3. The number of carboxylic acid groups (broad SMARTS) is 2. The summed E-state index contributed by atoms with van der Waals surface area (Å²) in [5, 5.41) is 29.6. The van der Waals surface area contributed by atoms with E-state index in [9.17, 15) is 19.7 Å². The third-order valence-electron chi connectivity index (χ3n) is 2.94. The lowest BCUT2D eigenvalue weighted by molar-refractivity contribution is -0.385. The molecule has 1 aromatic carbocycles. The second kappa shape index (κ2) is 8.53. The van der Waals surface area contributed by atoms with Crippen LogP contribution >= 0.6 is 0 Å². The zero-order valence-corrected chi connectivity index (χ0v) is 11.7. The summed E-state index contributed by atoms with van der Waals surface area (Å²) < 4.78 is 0. The molecular weight excluding hydrogens is 292 g/mol. The zero-order valence-electron chi connectivity index (χ0n) is 11.7. The number of nitrogens with one attached hydrogen (secondary N) is 1. The number of nitro benzene ring substituents is 1. The Labute approximate surface area is 126 Å². The number of benzene rings is 1. The molecule has 0 unspecified atom stereocenters. The van der Waals surface area contributed by atoms with E-state index >= 15 is 0 Å². The van der Waals surface area contributed by atoms with Crippen LogP contribution in [0.25, 0.3) is 0 Å². The number of carboxylic acids is 2. The smallest absolute Gasteiger partial charge is 0.328 e. The van der Waals surface area contributed by atoms with Crippen molar-refractivity contribution >= 4 is 17.6 Å². The number of nitro groups is 1. The highest BCUT2D eigenvalue weighted by Crippen LogP contribution is 2.24. The van der Waals surface area contributed by atoms with E-state index in [1.54, 1.807) is 12.1 Å². The molecule has 1 heterocycles. The van der Waals surface area contributed by atoms with Gasteiger partial charge in [0.15, 0.2) is 0 Å². The van der Waals surface area contributed by atoms with Gasteiger partial charge in [0.25, 0.3) is 5.69 Å². The molecule has 0 aromatic heterocycles. The van der Waals surface area contributed by atoms with Gasteiger partial charge in [-0.3, -0.25) is 10.1 Å². The van der Waals surface area contributed by atoms with E-state index in [4.69, 9.17) is 10.2 Å². The maximum atomic E-state index is 10.8. The highest BCUT2D eigenvalue weighted by molar-refractivity contribution is 5.89. The van der Waals surface area contributed by atoms with Gasteiger partial charge in [-0.05, 0) is 31.5 Å². The van der Waals surface area contributed by atoms with Crippen LogP contribution < -0.4 is 5.32 Å². The average Bonchev–Trinajstić information content (AvgIpc) is 2.70. The minimum absolute atomic E-state index is 0.270. The molecule has 0 atom stereocenters. The fourth-order valence-electron chi connectivity index (χ4n) is 2.02. The molecule has 8 heteroatoms. The third-order valence-corrected chi connectivity index (χ3v) is 2.94. The molecular formula is C14H16N2O6. The molecule has 0 amide bonds. The molecule has 0 spiro atoms. The standard InChI is InChI=1S/C10H12N2O2.C4H4O4/c13-12(14)10-3-1-2-8-4-6-11-7-5-9(8)10;5-3(6)1-2-4(7)8/h1-3,11H,4-7H2;1-2H,(H,5,6)(H,7,8). The Balaban J connectivity index is 0.000000261. The Hall–Kier alpha value is -2.74. The van der Waals surface area contributed by atoms with Crippen LogP contribution in [0.3, 0.4) is 0 Å². The number of hydrogen-bond donors (Lipinski definition) is 3. The highest BCUT2D eigenvalue weighted by Gasteiger charge is 2.18. The zero-order chi connectivity index (χ0) is 16.5. The van der Waals surface area contributed by atoms with Crippen molar-refractivity contribution in [2.75, 3.05) is 13.1 Å². The topological polar surface area (TPSA) is 130 Å². The molecule has 0 bridgehead atoms. The third kappa shape index (κ3) is 5.71. The van der Waals surface area contributed by atoms with E-state index < -0.39 is 11.9 Å². The van der Waals surface area contributed by atoms with Crippen molar-refractivity contribution in [2.24, 2.45) is 0 Å². The Kier molecular flexibility index (Phi) is 6.71. The van der Waals surface area contributed by atoms with Crippen molar-refractivity contribution in [3.05, 3.63) is 51.6 Å². The van der Waals surface area contributed by atoms with Gasteiger partial charge in [0, 0.05) is 23.8 Å². The minimum Gasteiger partial charge on any atom is -0.478 e.